The fraction of sp³-hybridized carbons (Fsp3) is 0.562. The van der Waals surface area contributed by atoms with Crippen LogP contribution in [0.25, 0.3) is 0 Å². The zero-order chi connectivity index (χ0) is 34.4. The molecule has 4 amide bonds. The molecule has 3 N–H and O–H groups in total. The molecule has 2 aliphatic rings. The molecule has 14 nitrogen and oxygen atoms in total. The third kappa shape index (κ3) is 8.21. The van der Waals surface area contributed by atoms with Crippen molar-refractivity contribution in [3.05, 3.63) is 52.8 Å². The van der Waals surface area contributed by atoms with E-state index < -0.39 is 41.5 Å². The largest absolute Gasteiger partial charge is 0.339 e. The maximum Gasteiger partial charge on any atom is 0.289 e. The molecule has 1 aromatic carbocycles. The van der Waals surface area contributed by atoms with Gasteiger partial charge in [0.15, 0.2) is 0 Å². The number of benzene rings is 1. The number of halogens is 1. The Labute approximate surface area is 283 Å². The topological polar surface area (TPSA) is 167 Å². The standard InChI is InChI=1S/C32H43FN10O4S/c1-5-43-28(34-18-36-43)31(46)39-27(21-8-6-19(2)7-9-21)30(45)37-24-11-10-22(16-23(24)33)20(3)26(38-29(44)25-17-35-40-48-25)32(47)42-14-12-41(4)13-15-42/h10-11,16-21,26-27H,5-9,12-15H2,1-4H3,(H,37,45)(H,38,44)(H,39,46)/t19?,20-,21?,26+,27-/m0/s1. The van der Waals surface area contributed by atoms with Crippen LogP contribution in [0.3, 0.4) is 0 Å². The van der Waals surface area contributed by atoms with E-state index in [2.05, 4.69) is 47.4 Å². The monoisotopic (exact) mass is 682 g/mol. The highest BCUT2D eigenvalue weighted by Gasteiger charge is 2.36. The highest BCUT2D eigenvalue weighted by Crippen LogP contribution is 2.32. The van der Waals surface area contributed by atoms with Crippen LogP contribution in [-0.4, -0.2) is 103 Å². The molecule has 0 radical (unpaired) electrons. The lowest BCUT2D eigenvalue weighted by molar-refractivity contribution is -0.135. The lowest BCUT2D eigenvalue weighted by Gasteiger charge is -2.36. The molecule has 0 spiro atoms. The van der Waals surface area contributed by atoms with Crippen molar-refractivity contribution < 1.29 is 23.6 Å². The first-order chi connectivity index (χ1) is 23.0. The van der Waals surface area contributed by atoms with Crippen LogP contribution in [0.4, 0.5) is 10.1 Å². The Kier molecular flexibility index (Phi) is 11.5. The van der Waals surface area contributed by atoms with Gasteiger partial charge in [-0.3, -0.25) is 19.2 Å². The Morgan fingerprint density at radius 1 is 1.04 bits per heavy atom. The summed E-state index contributed by atoms with van der Waals surface area (Å²) in [7, 11) is 1.98. The average molecular weight is 683 g/mol. The minimum atomic E-state index is -0.985. The molecule has 48 heavy (non-hydrogen) atoms. The number of nitrogens with zero attached hydrogens (tertiary/aromatic N) is 7. The summed E-state index contributed by atoms with van der Waals surface area (Å²) in [5.41, 5.74) is 0.406. The van der Waals surface area contributed by atoms with Gasteiger partial charge >= 0.3 is 0 Å². The highest BCUT2D eigenvalue weighted by atomic mass is 32.1. The molecular formula is C32H43FN10O4S. The summed E-state index contributed by atoms with van der Waals surface area (Å²) in [6, 6.07) is 2.45. The second kappa shape index (κ2) is 15.7. The Morgan fingerprint density at radius 2 is 1.77 bits per heavy atom. The van der Waals surface area contributed by atoms with Crippen molar-refractivity contribution in [3.63, 3.8) is 0 Å². The van der Waals surface area contributed by atoms with Crippen LogP contribution in [0.2, 0.25) is 0 Å². The van der Waals surface area contributed by atoms with Crippen LogP contribution in [0, 0.1) is 17.7 Å². The number of aryl methyl sites for hydroxylation is 1. The molecule has 2 fully saturated rings. The van der Waals surface area contributed by atoms with Gasteiger partial charge in [-0.15, -0.1) is 5.10 Å². The van der Waals surface area contributed by atoms with E-state index in [9.17, 15) is 19.2 Å². The summed E-state index contributed by atoms with van der Waals surface area (Å²) in [6.07, 6.45) is 5.94. The number of amides is 4. The van der Waals surface area contributed by atoms with Gasteiger partial charge in [0.2, 0.25) is 17.6 Å². The Morgan fingerprint density at radius 3 is 2.42 bits per heavy atom. The van der Waals surface area contributed by atoms with E-state index in [4.69, 9.17) is 0 Å². The van der Waals surface area contributed by atoms with Gasteiger partial charge in [-0.2, -0.15) is 5.10 Å². The highest BCUT2D eigenvalue weighted by molar-refractivity contribution is 7.07. The molecule has 3 atom stereocenters. The van der Waals surface area contributed by atoms with Crippen LogP contribution in [0.15, 0.2) is 30.7 Å². The number of carbonyl (C=O) groups is 4. The van der Waals surface area contributed by atoms with Crippen LogP contribution in [-0.2, 0) is 16.1 Å². The van der Waals surface area contributed by atoms with Crippen LogP contribution >= 0.6 is 11.5 Å². The van der Waals surface area contributed by atoms with E-state index >= 15 is 4.39 Å². The van der Waals surface area contributed by atoms with E-state index in [-0.39, 0.29) is 28.2 Å². The number of hydrogen-bond donors (Lipinski definition) is 3. The van der Waals surface area contributed by atoms with Gasteiger partial charge < -0.3 is 25.8 Å². The summed E-state index contributed by atoms with van der Waals surface area (Å²) in [4.78, 5) is 61.8. The number of aromatic nitrogens is 5. The van der Waals surface area contributed by atoms with Crippen molar-refractivity contribution >= 4 is 40.8 Å². The predicted octanol–water partition coefficient (Wildman–Crippen LogP) is 2.53. The van der Waals surface area contributed by atoms with Crippen molar-refractivity contribution in [3.8, 4) is 0 Å². The SMILES string of the molecule is CCn1ncnc1C(=O)N[C@H](C(=O)Nc1ccc([C@H](C)[C@@H](NC(=O)c2cnns2)C(=O)N2CCN(C)CC2)cc1F)C1CCC(C)CC1. The number of nitrogens with one attached hydrogen (secondary N) is 3. The summed E-state index contributed by atoms with van der Waals surface area (Å²) >= 11 is 0.916. The van der Waals surface area contributed by atoms with Gasteiger partial charge in [0.25, 0.3) is 11.8 Å². The van der Waals surface area contributed by atoms with Crippen molar-refractivity contribution in [2.24, 2.45) is 11.8 Å². The van der Waals surface area contributed by atoms with E-state index in [1.807, 2.05) is 14.0 Å². The maximum absolute atomic E-state index is 15.7. The molecule has 0 bridgehead atoms. The van der Waals surface area contributed by atoms with Crippen LogP contribution in [0.1, 0.15) is 78.2 Å². The molecule has 16 heteroatoms. The Hall–Kier alpha value is -4.31. The molecular weight excluding hydrogens is 639 g/mol. The molecule has 1 saturated carbocycles. The van der Waals surface area contributed by atoms with Gasteiger partial charge in [0, 0.05) is 38.6 Å². The molecule has 1 aliphatic carbocycles. The number of piperazine rings is 1. The van der Waals surface area contributed by atoms with Crippen LogP contribution in [0.5, 0.6) is 0 Å². The van der Waals surface area contributed by atoms with E-state index in [1.54, 1.807) is 17.9 Å². The third-order valence-corrected chi connectivity index (χ3v) is 10.1. The molecule has 1 aliphatic heterocycles. The second-order valence-electron chi connectivity index (χ2n) is 12.7. The molecule has 5 rings (SSSR count). The zero-order valence-electron chi connectivity index (χ0n) is 27.7. The molecule has 3 aromatic rings. The first-order valence-electron chi connectivity index (χ1n) is 16.4. The number of likely N-dealkylation sites (N-methyl/N-ethyl adjacent to an activating group) is 1. The number of carbonyl (C=O) groups excluding carboxylic acids is 4. The Balaban J connectivity index is 1.34. The molecule has 258 valence electrons. The molecule has 3 heterocycles. The molecule has 2 aromatic heterocycles. The normalized spacial score (nSPS) is 20.4. The molecule has 1 saturated heterocycles. The first kappa shape index (κ1) is 35.0. The zero-order valence-corrected chi connectivity index (χ0v) is 28.5. The lowest BCUT2D eigenvalue weighted by Crippen LogP contribution is -2.55. The third-order valence-electron chi connectivity index (χ3n) is 9.45. The van der Waals surface area contributed by atoms with Gasteiger partial charge in [0.05, 0.1) is 11.9 Å². The van der Waals surface area contributed by atoms with E-state index in [1.165, 1.54) is 29.3 Å². The summed E-state index contributed by atoms with van der Waals surface area (Å²) in [6.45, 7) is 8.59. The number of hydrogen-bond acceptors (Lipinski definition) is 10. The maximum atomic E-state index is 15.7. The van der Waals surface area contributed by atoms with Crippen molar-refractivity contribution in [1.29, 1.82) is 0 Å². The molecule has 0 unspecified atom stereocenters. The summed E-state index contributed by atoms with van der Waals surface area (Å²) in [5, 5.41) is 16.1. The quantitative estimate of drug-likeness (QED) is 0.275. The van der Waals surface area contributed by atoms with Crippen molar-refractivity contribution in [1.82, 2.24) is 44.8 Å². The van der Waals surface area contributed by atoms with Gasteiger partial charge in [-0.05, 0) is 67.9 Å². The smallest absolute Gasteiger partial charge is 0.289 e. The van der Waals surface area contributed by atoms with Gasteiger partial charge in [0.1, 0.15) is 29.1 Å². The fourth-order valence-electron chi connectivity index (χ4n) is 6.32. The Bertz CT molecular complexity index is 1580. The number of rotatable bonds is 11. The van der Waals surface area contributed by atoms with Gasteiger partial charge in [-0.1, -0.05) is 37.2 Å². The van der Waals surface area contributed by atoms with Crippen molar-refractivity contribution in [2.45, 2.75) is 71.0 Å². The minimum Gasteiger partial charge on any atom is -0.339 e. The predicted molar refractivity (Wildman–Crippen MR) is 177 cm³/mol. The number of anilines is 1. The van der Waals surface area contributed by atoms with Gasteiger partial charge in [-0.25, -0.2) is 14.1 Å². The van der Waals surface area contributed by atoms with E-state index in [0.29, 0.717) is 44.2 Å². The van der Waals surface area contributed by atoms with Crippen LogP contribution < -0.4 is 16.0 Å². The van der Waals surface area contributed by atoms with Crippen molar-refractivity contribution in [2.75, 3.05) is 38.5 Å². The first-order valence-corrected chi connectivity index (χ1v) is 17.2. The van der Waals surface area contributed by atoms with E-state index in [0.717, 1.165) is 37.2 Å². The summed E-state index contributed by atoms with van der Waals surface area (Å²) in [5.74, 6) is -2.64. The lowest BCUT2D eigenvalue weighted by atomic mass is 9.79. The second-order valence-corrected chi connectivity index (χ2v) is 13.5. The average Bonchev–Trinajstić information content (AvgIpc) is 3.80. The minimum absolute atomic E-state index is 0.0576. The summed E-state index contributed by atoms with van der Waals surface area (Å²) < 4.78 is 20.9. The fourth-order valence-corrected chi connectivity index (χ4v) is 6.73.